The zero-order valence-electron chi connectivity index (χ0n) is 20.9. The van der Waals surface area contributed by atoms with Crippen LogP contribution < -0.4 is 5.32 Å². The lowest BCUT2D eigenvalue weighted by atomic mass is 9.99. The summed E-state index contributed by atoms with van der Waals surface area (Å²) in [5, 5.41) is 6.00. The molecule has 0 fully saturated rings. The van der Waals surface area contributed by atoms with Crippen LogP contribution in [0, 0.1) is 0 Å². The van der Waals surface area contributed by atoms with Crippen LogP contribution in [0.15, 0.2) is 152 Å². The highest BCUT2D eigenvalue weighted by Gasteiger charge is 2.13. The molecule has 0 bridgehead atoms. The minimum Gasteiger partial charge on any atom is -0.356 e. The van der Waals surface area contributed by atoms with Gasteiger partial charge >= 0.3 is 0 Å². The molecule has 0 saturated heterocycles. The Labute approximate surface area is 222 Å². The van der Waals surface area contributed by atoms with E-state index in [1.165, 1.54) is 49.7 Å². The van der Waals surface area contributed by atoms with E-state index in [-0.39, 0.29) is 0 Å². The van der Waals surface area contributed by atoms with Crippen molar-refractivity contribution in [2.24, 2.45) is 0 Å². The number of rotatable bonds is 5. The Hall–Kier alpha value is -5.08. The molecule has 2 heteroatoms. The largest absolute Gasteiger partial charge is 0.356 e. The van der Waals surface area contributed by atoms with E-state index in [4.69, 9.17) is 0 Å². The first-order valence-corrected chi connectivity index (χ1v) is 13.0. The number of para-hydroxylation sites is 3. The summed E-state index contributed by atoms with van der Waals surface area (Å²) in [6.45, 7) is 0. The van der Waals surface area contributed by atoms with Crippen LogP contribution in [0.5, 0.6) is 0 Å². The molecule has 1 aromatic heterocycles. The fourth-order valence-corrected chi connectivity index (χ4v) is 5.29. The summed E-state index contributed by atoms with van der Waals surface area (Å²) in [7, 11) is 0. The highest BCUT2D eigenvalue weighted by Crippen LogP contribution is 2.35. The lowest BCUT2D eigenvalue weighted by Gasteiger charge is -2.10. The van der Waals surface area contributed by atoms with E-state index in [1.54, 1.807) is 0 Å². The van der Waals surface area contributed by atoms with Crippen LogP contribution in [-0.2, 0) is 0 Å². The summed E-state index contributed by atoms with van der Waals surface area (Å²) in [5.41, 5.74) is 10.6. The number of fused-ring (bicyclic) bond motifs is 3. The molecule has 7 aromatic rings. The van der Waals surface area contributed by atoms with Gasteiger partial charge in [-0.1, -0.05) is 103 Å². The van der Waals surface area contributed by atoms with Gasteiger partial charge in [0.2, 0.25) is 0 Å². The van der Waals surface area contributed by atoms with Gasteiger partial charge in [0.05, 0.1) is 11.0 Å². The molecule has 0 aliphatic rings. The molecular formula is C36H26N2. The first-order valence-electron chi connectivity index (χ1n) is 13.0. The van der Waals surface area contributed by atoms with Gasteiger partial charge in [0, 0.05) is 27.8 Å². The summed E-state index contributed by atoms with van der Waals surface area (Å²) in [4.78, 5) is 0. The summed E-state index contributed by atoms with van der Waals surface area (Å²) >= 11 is 0. The molecule has 7 rings (SSSR count). The minimum absolute atomic E-state index is 1.08. The van der Waals surface area contributed by atoms with E-state index in [1.807, 2.05) is 18.2 Å². The molecule has 2 nitrogen and oxygen atoms in total. The number of hydrogen-bond donors (Lipinski definition) is 1. The normalized spacial score (nSPS) is 11.2. The third-order valence-corrected chi connectivity index (χ3v) is 7.19. The Morgan fingerprint density at radius 2 is 0.868 bits per heavy atom. The van der Waals surface area contributed by atoms with Gasteiger partial charge in [-0.05, 0) is 70.8 Å². The maximum atomic E-state index is 3.45. The SMILES string of the molecule is c1ccc(Nc2ccc(-c3ccc(-c4ccc5c6ccccc6n(-c6ccccc6)c5c4)cc3)cc2)cc1. The fraction of sp³-hybridized carbons (Fsp3) is 0. The van der Waals surface area contributed by atoms with Crippen molar-refractivity contribution in [1.29, 1.82) is 0 Å². The van der Waals surface area contributed by atoms with Crippen LogP contribution in [0.3, 0.4) is 0 Å². The van der Waals surface area contributed by atoms with Gasteiger partial charge in [-0.3, -0.25) is 0 Å². The van der Waals surface area contributed by atoms with Crippen molar-refractivity contribution in [2.45, 2.75) is 0 Å². The molecule has 1 heterocycles. The molecule has 38 heavy (non-hydrogen) atoms. The monoisotopic (exact) mass is 486 g/mol. The third kappa shape index (κ3) is 4.03. The smallest absolute Gasteiger partial charge is 0.0547 e. The highest BCUT2D eigenvalue weighted by molar-refractivity contribution is 6.10. The standard InChI is InChI=1S/C36H26N2/c1-3-9-30(10-4-1)37-31-22-19-27(20-23-31)26-15-17-28(18-16-26)29-21-24-34-33-13-7-8-14-35(33)38(36(34)25-29)32-11-5-2-6-12-32/h1-25,37H. The van der Waals surface area contributed by atoms with Crippen molar-refractivity contribution >= 4 is 33.2 Å². The Morgan fingerprint density at radius 3 is 1.58 bits per heavy atom. The highest BCUT2D eigenvalue weighted by atomic mass is 15.0. The van der Waals surface area contributed by atoms with Crippen LogP contribution in [0.4, 0.5) is 11.4 Å². The quantitative estimate of drug-likeness (QED) is 0.256. The minimum atomic E-state index is 1.08. The first kappa shape index (κ1) is 22.1. The van der Waals surface area contributed by atoms with Crippen LogP contribution in [0.2, 0.25) is 0 Å². The molecule has 0 aliphatic heterocycles. The summed E-state index contributed by atoms with van der Waals surface area (Å²) in [5.74, 6) is 0. The van der Waals surface area contributed by atoms with Crippen molar-refractivity contribution in [2.75, 3.05) is 5.32 Å². The predicted molar refractivity (Wildman–Crippen MR) is 161 cm³/mol. The Kier molecular flexibility index (Phi) is 5.49. The van der Waals surface area contributed by atoms with Crippen molar-refractivity contribution in [3.05, 3.63) is 152 Å². The van der Waals surface area contributed by atoms with Crippen LogP contribution in [0.25, 0.3) is 49.7 Å². The second kappa shape index (κ2) is 9.42. The molecule has 1 N–H and O–H groups in total. The van der Waals surface area contributed by atoms with Gasteiger partial charge in [0.15, 0.2) is 0 Å². The van der Waals surface area contributed by atoms with Gasteiger partial charge in [0.1, 0.15) is 0 Å². The molecule has 0 radical (unpaired) electrons. The summed E-state index contributed by atoms with van der Waals surface area (Å²) in [6.07, 6.45) is 0. The molecule has 0 aliphatic carbocycles. The van der Waals surface area contributed by atoms with Gasteiger partial charge < -0.3 is 9.88 Å². The second-order valence-corrected chi connectivity index (χ2v) is 9.57. The summed E-state index contributed by atoms with van der Waals surface area (Å²) < 4.78 is 2.37. The molecule has 0 unspecified atom stereocenters. The van der Waals surface area contributed by atoms with E-state index in [9.17, 15) is 0 Å². The second-order valence-electron chi connectivity index (χ2n) is 9.57. The van der Waals surface area contributed by atoms with Crippen molar-refractivity contribution in [1.82, 2.24) is 4.57 Å². The predicted octanol–water partition coefficient (Wildman–Crippen LogP) is 9.86. The van der Waals surface area contributed by atoms with E-state index >= 15 is 0 Å². The van der Waals surface area contributed by atoms with Gasteiger partial charge in [-0.15, -0.1) is 0 Å². The maximum absolute atomic E-state index is 3.45. The van der Waals surface area contributed by atoms with Gasteiger partial charge in [-0.25, -0.2) is 0 Å². The van der Waals surface area contributed by atoms with E-state index in [0.717, 1.165) is 11.4 Å². The zero-order chi connectivity index (χ0) is 25.3. The Bertz CT molecular complexity index is 1850. The third-order valence-electron chi connectivity index (χ3n) is 7.19. The zero-order valence-corrected chi connectivity index (χ0v) is 20.9. The van der Waals surface area contributed by atoms with Crippen molar-refractivity contribution in [3.8, 4) is 27.9 Å². The lowest BCUT2D eigenvalue weighted by molar-refractivity contribution is 1.18. The van der Waals surface area contributed by atoms with Crippen LogP contribution in [0.1, 0.15) is 0 Å². The number of anilines is 2. The average molecular weight is 487 g/mol. The topological polar surface area (TPSA) is 17.0 Å². The molecule has 0 saturated carbocycles. The molecule has 180 valence electrons. The number of nitrogens with zero attached hydrogens (tertiary/aromatic N) is 1. The summed E-state index contributed by atoms with van der Waals surface area (Å²) in [6, 6.07) is 53.8. The Morgan fingerprint density at radius 1 is 0.368 bits per heavy atom. The van der Waals surface area contributed by atoms with Crippen LogP contribution in [-0.4, -0.2) is 4.57 Å². The first-order chi connectivity index (χ1) is 18.8. The van der Waals surface area contributed by atoms with Gasteiger partial charge in [-0.2, -0.15) is 0 Å². The van der Waals surface area contributed by atoms with Crippen molar-refractivity contribution < 1.29 is 0 Å². The fourth-order valence-electron chi connectivity index (χ4n) is 5.29. The van der Waals surface area contributed by atoms with E-state index < -0.39 is 0 Å². The van der Waals surface area contributed by atoms with Gasteiger partial charge in [0.25, 0.3) is 0 Å². The number of hydrogen-bond acceptors (Lipinski definition) is 1. The number of nitrogens with one attached hydrogen (secondary N) is 1. The average Bonchev–Trinajstić information content (AvgIpc) is 3.32. The van der Waals surface area contributed by atoms with Crippen molar-refractivity contribution in [3.63, 3.8) is 0 Å². The number of aromatic nitrogens is 1. The molecule has 0 atom stereocenters. The van der Waals surface area contributed by atoms with E-state index in [2.05, 4.69) is 143 Å². The molecular weight excluding hydrogens is 460 g/mol. The molecule has 0 amide bonds. The number of benzene rings is 6. The Balaban J connectivity index is 1.22. The molecule has 0 spiro atoms. The maximum Gasteiger partial charge on any atom is 0.0547 e. The molecule has 6 aromatic carbocycles. The van der Waals surface area contributed by atoms with Crippen LogP contribution >= 0.6 is 0 Å². The lowest BCUT2D eigenvalue weighted by Crippen LogP contribution is -1.93. The van der Waals surface area contributed by atoms with E-state index in [0.29, 0.717) is 0 Å².